The van der Waals surface area contributed by atoms with Crippen molar-refractivity contribution in [1.29, 1.82) is 0 Å². The summed E-state index contributed by atoms with van der Waals surface area (Å²) >= 11 is 0. The largest absolute Gasteiger partial charge is 0.480 e. The van der Waals surface area contributed by atoms with Crippen LogP contribution in [-0.4, -0.2) is 21.0 Å². The van der Waals surface area contributed by atoms with Crippen molar-refractivity contribution in [1.82, 2.24) is 9.97 Å². The number of nitrogens with two attached hydrogens (primary N) is 1. The number of aromatic nitrogens is 2. The van der Waals surface area contributed by atoms with E-state index in [1.807, 2.05) is 0 Å². The molecule has 0 spiro atoms. The van der Waals surface area contributed by atoms with Crippen molar-refractivity contribution < 1.29 is 9.90 Å². The van der Waals surface area contributed by atoms with Crippen LogP contribution in [0.15, 0.2) is 12.4 Å². The Kier molecular flexibility index (Phi) is 1.68. The number of nitrogens with one attached hydrogen (secondary N) is 1. The molecule has 0 bridgehead atoms. The molecule has 1 heterocycles. The Morgan fingerprint density at radius 1 is 1.90 bits per heavy atom. The first-order chi connectivity index (χ1) is 4.72. The molecule has 0 radical (unpaired) electrons. The molecule has 10 heavy (non-hydrogen) atoms. The number of carboxylic acid groups (broad SMARTS) is 1. The molecule has 0 unspecified atom stereocenters. The van der Waals surface area contributed by atoms with E-state index in [4.69, 9.17) is 10.8 Å². The Balaban J connectivity index is 2.77. The number of H-pyrrole nitrogens is 1. The summed E-state index contributed by atoms with van der Waals surface area (Å²) in [5, 5.41) is 8.37. The molecule has 0 aliphatic rings. The van der Waals surface area contributed by atoms with Crippen LogP contribution in [0.1, 0.15) is 11.9 Å². The average molecular weight is 141 g/mol. The van der Waals surface area contributed by atoms with Crippen molar-refractivity contribution in [3.05, 3.63) is 18.2 Å². The van der Waals surface area contributed by atoms with Crippen LogP contribution in [0.4, 0.5) is 0 Å². The van der Waals surface area contributed by atoms with Crippen molar-refractivity contribution in [3.8, 4) is 0 Å². The number of carboxylic acids is 1. The van der Waals surface area contributed by atoms with Crippen molar-refractivity contribution in [2.24, 2.45) is 5.73 Å². The van der Waals surface area contributed by atoms with E-state index in [1.54, 1.807) is 0 Å². The molecule has 1 aromatic heterocycles. The van der Waals surface area contributed by atoms with Crippen LogP contribution in [0, 0.1) is 0 Å². The van der Waals surface area contributed by atoms with E-state index in [0.717, 1.165) is 0 Å². The van der Waals surface area contributed by atoms with Crippen LogP contribution in [0.5, 0.6) is 0 Å². The van der Waals surface area contributed by atoms with Gasteiger partial charge in [0.2, 0.25) is 0 Å². The Morgan fingerprint density at radius 3 is 3.00 bits per heavy atom. The normalized spacial score (nSPS) is 12.9. The molecule has 0 aliphatic heterocycles. The Morgan fingerprint density at radius 2 is 2.60 bits per heavy atom. The third-order valence-corrected chi connectivity index (χ3v) is 1.08. The van der Waals surface area contributed by atoms with Gasteiger partial charge in [0.25, 0.3) is 0 Å². The van der Waals surface area contributed by atoms with Gasteiger partial charge in [0.15, 0.2) is 6.04 Å². The Hall–Kier alpha value is -1.36. The van der Waals surface area contributed by atoms with E-state index in [2.05, 4.69) is 9.97 Å². The number of nitrogens with zero attached hydrogens (tertiary/aromatic N) is 1. The molecule has 5 heteroatoms. The van der Waals surface area contributed by atoms with E-state index >= 15 is 0 Å². The quantitative estimate of drug-likeness (QED) is 0.517. The zero-order valence-corrected chi connectivity index (χ0v) is 5.11. The maximum Gasteiger partial charge on any atom is 0.328 e. The van der Waals surface area contributed by atoms with Crippen LogP contribution in [-0.2, 0) is 4.79 Å². The second-order valence-corrected chi connectivity index (χ2v) is 1.79. The fraction of sp³-hybridized carbons (Fsp3) is 0.200. The summed E-state index contributed by atoms with van der Waals surface area (Å²) in [6.45, 7) is 0. The molecule has 0 amide bonds. The minimum absolute atomic E-state index is 0.271. The lowest BCUT2D eigenvalue weighted by Gasteiger charge is -1.99. The van der Waals surface area contributed by atoms with Crippen LogP contribution >= 0.6 is 0 Å². The van der Waals surface area contributed by atoms with E-state index < -0.39 is 12.0 Å². The summed E-state index contributed by atoms with van der Waals surface area (Å²) in [5.41, 5.74) is 5.19. The fourth-order valence-corrected chi connectivity index (χ4v) is 0.565. The highest BCUT2D eigenvalue weighted by atomic mass is 16.4. The molecule has 54 valence electrons. The van der Waals surface area contributed by atoms with Gasteiger partial charge in [-0.25, -0.2) is 4.98 Å². The highest BCUT2D eigenvalue weighted by molar-refractivity contribution is 5.73. The average Bonchev–Trinajstić information content (AvgIpc) is 2.36. The van der Waals surface area contributed by atoms with Crippen LogP contribution in [0.3, 0.4) is 0 Å². The molecular formula is C5H7N3O2. The second-order valence-electron chi connectivity index (χ2n) is 1.79. The molecule has 4 N–H and O–H groups in total. The van der Waals surface area contributed by atoms with Gasteiger partial charge in [0.1, 0.15) is 5.82 Å². The number of hydrogen-bond donors (Lipinski definition) is 3. The summed E-state index contributed by atoms with van der Waals surface area (Å²) in [4.78, 5) is 16.5. The summed E-state index contributed by atoms with van der Waals surface area (Å²) in [6, 6.07) is -1.05. The molecule has 1 aromatic rings. The van der Waals surface area contributed by atoms with E-state index in [0.29, 0.717) is 0 Å². The monoisotopic (exact) mass is 141 g/mol. The summed E-state index contributed by atoms with van der Waals surface area (Å²) in [7, 11) is 0. The standard InChI is InChI=1S/C5H7N3O2/c6-3(5(9)10)4-7-1-2-8-4/h1-3H,6H2,(H,7,8)(H,9,10)/t3-/m1/s1. The van der Waals surface area contributed by atoms with Crippen LogP contribution in [0.2, 0.25) is 0 Å². The topological polar surface area (TPSA) is 92.0 Å². The zero-order chi connectivity index (χ0) is 7.56. The van der Waals surface area contributed by atoms with Crippen molar-refractivity contribution in [2.75, 3.05) is 0 Å². The minimum Gasteiger partial charge on any atom is -0.480 e. The molecule has 1 atom stereocenters. The van der Waals surface area contributed by atoms with Gasteiger partial charge in [-0.05, 0) is 0 Å². The van der Waals surface area contributed by atoms with E-state index in [1.165, 1.54) is 12.4 Å². The molecule has 0 aromatic carbocycles. The molecule has 0 aliphatic carbocycles. The third kappa shape index (κ3) is 1.14. The van der Waals surface area contributed by atoms with E-state index in [-0.39, 0.29) is 5.82 Å². The summed E-state index contributed by atoms with van der Waals surface area (Å²) in [5.74, 6) is -0.817. The van der Waals surface area contributed by atoms with Gasteiger partial charge in [0, 0.05) is 12.4 Å². The predicted molar refractivity (Wildman–Crippen MR) is 33.2 cm³/mol. The van der Waals surface area contributed by atoms with Crippen LogP contribution < -0.4 is 5.73 Å². The summed E-state index contributed by atoms with van der Waals surface area (Å²) < 4.78 is 0. The van der Waals surface area contributed by atoms with Gasteiger partial charge in [0.05, 0.1) is 0 Å². The zero-order valence-electron chi connectivity index (χ0n) is 5.11. The lowest BCUT2D eigenvalue weighted by Crippen LogP contribution is -2.21. The SMILES string of the molecule is N[C@@H](C(=O)O)c1ncc[nH]1. The highest BCUT2D eigenvalue weighted by Crippen LogP contribution is 2.01. The maximum absolute atomic E-state index is 10.2. The van der Waals surface area contributed by atoms with Crippen molar-refractivity contribution in [3.63, 3.8) is 0 Å². The molecule has 5 nitrogen and oxygen atoms in total. The molecular weight excluding hydrogens is 134 g/mol. The van der Waals surface area contributed by atoms with Crippen molar-refractivity contribution >= 4 is 5.97 Å². The lowest BCUT2D eigenvalue weighted by atomic mass is 10.3. The lowest BCUT2D eigenvalue weighted by molar-refractivity contribution is -0.138. The van der Waals surface area contributed by atoms with Gasteiger partial charge in [-0.1, -0.05) is 0 Å². The van der Waals surface area contributed by atoms with Gasteiger partial charge >= 0.3 is 5.97 Å². The van der Waals surface area contributed by atoms with Gasteiger partial charge in [-0.3, -0.25) is 4.79 Å². The van der Waals surface area contributed by atoms with Crippen molar-refractivity contribution in [2.45, 2.75) is 6.04 Å². The fourth-order valence-electron chi connectivity index (χ4n) is 0.565. The molecule has 0 saturated heterocycles. The number of aromatic amines is 1. The first kappa shape index (κ1) is 6.76. The first-order valence-corrected chi connectivity index (χ1v) is 2.69. The molecule has 1 rings (SSSR count). The smallest absolute Gasteiger partial charge is 0.328 e. The number of imidazole rings is 1. The van der Waals surface area contributed by atoms with Gasteiger partial charge in [-0.15, -0.1) is 0 Å². The first-order valence-electron chi connectivity index (χ1n) is 2.69. The molecule has 0 saturated carbocycles. The third-order valence-electron chi connectivity index (χ3n) is 1.08. The number of hydrogen-bond acceptors (Lipinski definition) is 3. The number of rotatable bonds is 2. The Bertz CT molecular complexity index is 219. The summed E-state index contributed by atoms with van der Waals surface area (Å²) in [6.07, 6.45) is 2.98. The minimum atomic E-state index is -1.09. The van der Waals surface area contributed by atoms with Gasteiger partial charge < -0.3 is 15.8 Å². The van der Waals surface area contributed by atoms with Crippen LogP contribution in [0.25, 0.3) is 0 Å². The highest BCUT2D eigenvalue weighted by Gasteiger charge is 2.15. The number of carbonyl (C=O) groups is 1. The second kappa shape index (κ2) is 2.49. The maximum atomic E-state index is 10.2. The van der Waals surface area contributed by atoms with E-state index in [9.17, 15) is 4.79 Å². The number of aliphatic carboxylic acids is 1. The van der Waals surface area contributed by atoms with Gasteiger partial charge in [-0.2, -0.15) is 0 Å². The predicted octanol–water partition coefficient (Wildman–Crippen LogP) is -0.506. The molecule has 0 fully saturated rings. The Labute approximate surface area is 56.9 Å².